The van der Waals surface area contributed by atoms with Gasteiger partial charge in [0.15, 0.2) is 0 Å². The summed E-state index contributed by atoms with van der Waals surface area (Å²) in [6.07, 6.45) is 2.32. The van der Waals surface area contributed by atoms with Gasteiger partial charge in [0.1, 0.15) is 5.01 Å². The van der Waals surface area contributed by atoms with Crippen LogP contribution in [0.1, 0.15) is 62.6 Å². The average molecular weight is 613 g/mol. The van der Waals surface area contributed by atoms with E-state index >= 15 is 0 Å². The Morgan fingerprint density at radius 2 is 1.55 bits per heavy atom. The van der Waals surface area contributed by atoms with Crippen molar-refractivity contribution in [3.8, 4) is 11.3 Å². The normalized spacial score (nSPS) is 11.2. The van der Waals surface area contributed by atoms with Crippen molar-refractivity contribution in [2.45, 2.75) is 59.5 Å². The number of benzene rings is 3. The van der Waals surface area contributed by atoms with Crippen LogP contribution in [0.3, 0.4) is 0 Å². The highest BCUT2D eigenvalue weighted by atomic mass is 32.1. The number of carbonyl (C=O) groups excluding carboxylic acids is 1. The van der Waals surface area contributed by atoms with Crippen LogP contribution in [0, 0.1) is 5.92 Å². The van der Waals surface area contributed by atoms with Gasteiger partial charge >= 0.3 is 5.97 Å². The fraction of sp³-hybridized carbons (Fsp3) is 0.361. The number of rotatable bonds is 16. The van der Waals surface area contributed by atoms with Crippen LogP contribution in [0.4, 0.5) is 11.4 Å². The Morgan fingerprint density at radius 1 is 0.864 bits per heavy atom. The number of para-hydroxylation sites is 1. The van der Waals surface area contributed by atoms with Crippen LogP contribution in [0.2, 0.25) is 0 Å². The molecule has 0 spiro atoms. The molecule has 2 N–H and O–H groups in total. The number of hydrogen-bond donors (Lipinski definition) is 2. The quantitative estimate of drug-likeness (QED) is 0.136. The summed E-state index contributed by atoms with van der Waals surface area (Å²) in [5, 5.41) is 14.4. The number of carboxylic acid groups (broad SMARTS) is 1. The van der Waals surface area contributed by atoms with E-state index in [2.05, 4.69) is 86.4 Å². The lowest BCUT2D eigenvalue weighted by atomic mass is 10.0. The number of carboxylic acids is 1. The summed E-state index contributed by atoms with van der Waals surface area (Å²) in [7, 11) is 0. The highest BCUT2D eigenvalue weighted by Crippen LogP contribution is 2.27. The SMILES string of the molecule is CCC(CC)CN(Cc1ccc(-c2csc(CN(C(=O)CNCC(=O)O)c3ccccc3)n2)cc1)c1ccc(C(C)C)cc1. The molecule has 0 aliphatic heterocycles. The fourth-order valence-electron chi connectivity index (χ4n) is 5.15. The molecule has 44 heavy (non-hydrogen) atoms. The first-order chi connectivity index (χ1) is 21.3. The number of hydrogen-bond acceptors (Lipinski definition) is 6. The van der Waals surface area contributed by atoms with E-state index in [1.165, 1.54) is 28.2 Å². The lowest BCUT2D eigenvalue weighted by molar-refractivity contribution is -0.135. The number of carbonyl (C=O) groups is 2. The Balaban J connectivity index is 1.47. The largest absolute Gasteiger partial charge is 0.480 e. The minimum Gasteiger partial charge on any atom is -0.480 e. The molecule has 0 saturated heterocycles. The van der Waals surface area contributed by atoms with E-state index < -0.39 is 5.97 Å². The van der Waals surface area contributed by atoms with Gasteiger partial charge in [-0.1, -0.05) is 95.1 Å². The van der Waals surface area contributed by atoms with E-state index in [4.69, 9.17) is 10.1 Å². The van der Waals surface area contributed by atoms with Crippen molar-refractivity contribution >= 4 is 34.6 Å². The minimum absolute atomic E-state index is 0.0724. The molecule has 0 aliphatic rings. The molecule has 0 bridgehead atoms. The molecule has 1 heterocycles. The number of aromatic nitrogens is 1. The van der Waals surface area contributed by atoms with Crippen molar-refractivity contribution in [2.75, 3.05) is 29.4 Å². The maximum atomic E-state index is 13.0. The molecule has 7 nitrogen and oxygen atoms in total. The number of nitrogens with zero attached hydrogens (tertiary/aromatic N) is 3. The lowest BCUT2D eigenvalue weighted by Crippen LogP contribution is -2.39. The second-order valence-electron chi connectivity index (χ2n) is 11.4. The summed E-state index contributed by atoms with van der Waals surface area (Å²) in [5.41, 5.74) is 6.51. The highest BCUT2D eigenvalue weighted by Gasteiger charge is 2.19. The molecule has 232 valence electrons. The van der Waals surface area contributed by atoms with E-state index in [-0.39, 0.29) is 19.0 Å². The topological polar surface area (TPSA) is 85.8 Å². The molecule has 4 aromatic rings. The number of amides is 1. The van der Waals surface area contributed by atoms with Crippen molar-refractivity contribution in [3.05, 3.63) is 100 Å². The van der Waals surface area contributed by atoms with Gasteiger partial charge in [-0.05, 0) is 47.2 Å². The van der Waals surface area contributed by atoms with Crippen molar-refractivity contribution in [2.24, 2.45) is 5.92 Å². The molecule has 3 aromatic carbocycles. The van der Waals surface area contributed by atoms with Crippen LogP contribution < -0.4 is 15.1 Å². The molecule has 0 fully saturated rings. The van der Waals surface area contributed by atoms with Crippen molar-refractivity contribution in [1.29, 1.82) is 0 Å². The van der Waals surface area contributed by atoms with E-state index in [1.807, 2.05) is 35.7 Å². The number of aliphatic carboxylic acids is 1. The smallest absolute Gasteiger partial charge is 0.317 e. The lowest BCUT2D eigenvalue weighted by Gasteiger charge is -2.29. The molecule has 1 aromatic heterocycles. The van der Waals surface area contributed by atoms with E-state index in [1.54, 1.807) is 4.90 Å². The van der Waals surface area contributed by atoms with Crippen molar-refractivity contribution in [1.82, 2.24) is 10.3 Å². The van der Waals surface area contributed by atoms with Gasteiger partial charge in [-0.15, -0.1) is 11.3 Å². The van der Waals surface area contributed by atoms with Gasteiger partial charge in [0.25, 0.3) is 0 Å². The van der Waals surface area contributed by atoms with Crippen LogP contribution in [0.5, 0.6) is 0 Å². The van der Waals surface area contributed by atoms with Gasteiger partial charge in [0, 0.05) is 35.4 Å². The highest BCUT2D eigenvalue weighted by molar-refractivity contribution is 7.10. The van der Waals surface area contributed by atoms with Crippen LogP contribution in [0.25, 0.3) is 11.3 Å². The summed E-state index contributed by atoms with van der Waals surface area (Å²) >= 11 is 1.51. The molecule has 0 atom stereocenters. The third kappa shape index (κ3) is 9.24. The monoisotopic (exact) mass is 612 g/mol. The predicted molar refractivity (Wildman–Crippen MR) is 181 cm³/mol. The second kappa shape index (κ2) is 16.2. The Morgan fingerprint density at radius 3 is 2.16 bits per heavy atom. The summed E-state index contributed by atoms with van der Waals surface area (Å²) in [4.78, 5) is 32.9. The van der Waals surface area contributed by atoms with Crippen LogP contribution >= 0.6 is 11.3 Å². The number of nitrogens with one attached hydrogen (secondary N) is 1. The van der Waals surface area contributed by atoms with Gasteiger partial charge in [0.2, 0.25) is 5.91 Å². The number of anilines is 2. The maximum absolute atomic E-state index is 13.0. The zero-order valence-electron chi connectivity index (χ0n) is 26.2. The third-order valence-electron chi connectivity index (χ3n) is 7.95. The predicted octanol–water partition coefficient (Wildman–Crippen LogP) is 7.58. The average Bonchev–Trinajstić information content (AvgIpc) is 3.51. The van der Waals surface area contributed by atoms with Crippen LogP contribution in [-0.2, 0) is 22.7 Å². The summed E-state index contributed by atoms with van der Waals surface area (Å²) < 4.78 is 0. The van der Waals surface area contributed by atoms with Gasteiger partial charge in [-0.3, -0.25) is 14.9 Å². The molecular weight excluding hydrogens is 568 g/mol. The van der Waals surface area contributed by atoms with E-state index in [0.717, 1.165) is 47.9 Å². The summed E-state index contributed by atoms with van der Waals surface area (Å²) in [6.45, 7) is 10.8. The summed E-state index contributed by atoms with van der Waals surface area (Å²) in [6, 6.07) is 27.0. The van der Waals surface area contributed by atoms with Gasteiger partial charge in [-0.2, -0.15) is 0 Å². The molecule has 0 radical (unpaired) electrons. The summed E-state index contributed by atoms with van der Waals surface area (Å²) in [5.74, 6) is -0.0603. The van der Waals surface area contributed by atoms with Gasteiger partial charge in [-0.25, -0.2) is 4.98 Å². The number of thiazole rings is 1. The van der Waals surface area contributed by atoms with Crippen LogP contribution in [0.15, 0.2) is 84.2 Å². The standard InChI is InChI=1S/C36H44N4O3S/c1-5-27(6-2)22-39(31-18-16-29(17-19-31)26(3)4)23-28-12-14-30(15-13-28)33-25-44-34(38-33)24-40(32-10-8-7-9-11-32)35(41)20-37-21-36(42)43/h7-19,25-27,37H,5-6,20-24H2,1-4H3,(H,42,43). The molecule has 0 saturated carbocycles. The Bertz CT molecular complexity index is 1470. The first-order valence-electron chi connectivity index (χ1n) is 15.4. The zero-order valence-corrected chi connectivity index (χ0v) is 27.0. The van der Waals surface area contributed by atoms with Crippen molar-refractivity contribution < 1.29 is 14.7 Å². The molecular formula is C36H44N4O3S. The fourth-order valence-corrected chi connectivity index (χ4v) is 5.94. The van der Waals surface area contributed by atoms with Gasteiger partial charge < -0.3 is 14.9 Å². The Kier molecular flexibility index (Phi) is 12.1. The molecule has 4 rings (SSSR count). The second-order valence-corrected chi connectivity index (χ2v) is 12.4. The van der Waals surface area contributed by atoms with Gasteiger partial charge in [0.05, 0.1) is 25.3 Å². The Hall–Kier alpha value is -4.01. The van der Waals surface area contributed by atoms with Crippen molar-refractivity contribution in [3.63, 3.8) is 0 Å². The zero-order chi connectivity index (χ0) is 31.5. The molecule has 1 amide bonds. The molecule has 8 heteroatoms. The first kappa shape index (κ1) is 32.9. The Labute approximate surface area is 265 Å². The minimum atomic E-state index is -1.00. The maximum Gasteiger partial charge on any atom is 0.317 e. The van der Waals surface area contributed by atoms with Crippen LogP contribution in [-0.4, -0.2) is 41.6 Å². The first-order valence-corrected chi connectivity index (χ1v) is 16.3. The molecule has 0 aliphatic carbocycles. The van der Waals surface area contributed by atoms with E-state index in [9.17, 15) is 9.59 Å². The third-order valence-corrected chi connectivity index (χ3v) is 8.78. The molecule has 0 unspecified atom stereocenters. The van der Waals surface area contributed by atoms with E-state index in [0.29, 0.717) is 18.4 Å².